The van der Waals surface area contributed by atoms with Crippen LogP contribution in [0.25, 0.3) is 10.1 Å². The van der Waals surface area contributed by atoms with Crippen molar-refractivity contribution in [2.45, 2.75) is 38.3 Å². The van der Waals surface area contributed by atoms with Crippen molar-refractivity contribution in [2.24, 2.45) is 0 Å². The average molecular weight is 589 g/mol. The Morgan fingerprint density at radius 1 is 0.976 bits per heavy atom. The summed E-state index contributed by atoms with van der Waals surface area (Å²) in [5.74, 6) is -1.12. The fourth-order valence-electron chi connectivity index (χ4n) is 4.18. The highest BCUT2D eigenvalue weighted by Gasteiger charge is 2.23. The minimum Gasteiger partial charge on any atom is -0.469 e. The number of aromatic nitrogens is 1. The number of rotatable bonds is 13. The predicted molar refractivity (Wildman–Crippen MR) is 160 cm³/mol. The van der Waals surface area contributed by atoms with E-state index < -0.39 is 18.0 Å². The normalized spacial score (nSPS) is 11.4. The van der Waals surface area contributed by atoms with Gasteiger partial charge >= 0.3 is 12.1 Å². The van der Waals surface area contributed by atoms with Crippen molar-refractivity contribution >= 4 is 51.0 Å². The number of nitrogens with zero attached hydrogens (tertiary/aromatic N) is 1. The van der Waals surface area contributed by atoms with Crippen LogP contribution in [0.1, 0.15) is 40.2 Å². The molecule has 0 radical (unpaired) electrons. The number of fused-ring (bicyclic) bond motifs is 1. The fourth-order valence-corrected chi connectivity index (χ4v) is 5.15. The van der Waals surface area contributed by atoms with Crippen molar-refractivity contribution in [3.05, 3.63) is 95.1 Å². The van der Waals surface area contributed by atoms with E-state index >= 15 is 0 Å². The van der Waals surface area contributed by atoms with Crippen LogP contribution in [0.15, 0.2) is 79.0 Å². The van der Waals surface area contributed by atoms with Gasteiger partial charge in [-0.2, -0.15) is 0 Å². The van der Waals surface area contributed by atoms with E-state index in [2.05, 4.69) is 20.9 Å². The number of pyridine rings is 1. The third-order valence-electron chi connectivity index (χ3n) is 6.39. The molecule has 0 bridgehead atoms. The molecule has 2 aromatic carbocycles. The Bertz CT molecular complexity index is 1490. The van der Waals surface area contributed by atoms with Crippen molar-refractivity contribution in [1.29, 1.82) is 0 Å². The molecule has 3 amide bonds. The largest absolute Gasteiger partial charge is 0.469 e. The van der Waals surface area contributed by atoms with E-state index in [-0.39, 0.29) is 37.9 Å². The second-order valence-corrected chi connectivity index (χ2v) is 10.4. The molecule has 2 aromatic heterocycles. The number of methoxy groups -OCH3 is 1. The van der Waals surface area contributed by atoms with E-state index in [4.69, 9.17) is 9.47 Å². The molecule has 10 nitrogen and oxygen atoms in total. The Kier molecular flexibility index (Phi) is 11.0. The van der Waals surface area contributed by atoms with Crippen LogP contribution in [-0.2, 0) is 32.1 Å². The number of carbonyl (C=O) groups is 4. The van der Waals surface area contributed by atoms with Crippen LogP contribution in [0.3, 0.4) is 0 Å². The summed E-state index contributed by atoms with van der Waals surface area (Å²) in [4.78, 5) is 55.0. The SMILES string of the molecule is COC(=O)CCc1ccccc1NC(=O)[C@H](CCCNC(=O)OCc1ccccn1)NC(=O)c1cc2ccccc2s1. The van der Waals surface area contributed by atoms with E-state index in [0.29, 0.717) is 29.1 Å². The Hall–Kier alpha value is -4.77. The molecule has 0 unspecified atom stereocenters. The van der Waals surface area contributed by atoms with Gasteiger partial charge in [-0.1, -0.05) is 42.5 Å². The summed E-state index contributed by atoms with van der Waals surface area (Å²) in [5.41, 5.74) is 1.94. The number of aryl methyl sites for hydroxylation is 1. The molecule has 4 aromatic rings. The minimum atomic E-state index is -0.886. The number of carbonyl (C=O) groups excluding carboxylic acids is 4. The number of esters is 1. The Balaban J connectivity index is 1.39. The number of benzene rings is 2. The lowest BCUT2D eigenvalue weighted by atomic mass is 10.1. The van der Waals surface area contributed by atoms with Crippen LogP contribution in [0.2, 0.25) is 0 Å². The molecule has 2 heterocycles. The van der Waals surface area contributed by atoms with Crippen LogP contribution < -0.4 is 16.0 Å². The number of hydrogen-bond acceptors (Lipinski definition) is 8. The number of anilines is 1. The van der Waals surface area contributed by atoms with Gasteiger partial charge in [0.05, 0.1) is 17.7 Å². The maximum absolute atomic E-state index is 13.5. The molecule has 0 spiro atoms. The third-order valence-corrected chi connectivity index (χ3v) is 7.50. The summed E-state index contributed by atoms with van der Waals surface area (Å²) in [6.45, 7) is 0.275. The summed E-state index contributed by atoms with van der Waals surface area (Å²) in [5, 5.41) is 9.38. The lowest BCUT2D eigenvalue weighted by Gasteiger charge is -2.19. The molecular weight excluding hydrogens is 556 g/mol. The Labute approximate surface area is 247 Å². The van der Waals surface area contributed by atoms with Gasteiger partial charge in [0.1, 0.15) is 12.6 Å². The molecule has 3 N–H and O–H groups in total. The van der Waals surface area contributed by atoms with E-state index in [1.807, 2.05) is 36.4 Å². The summed E-state index contributed by atoms with van der Waals surface area (Å²) in [6, 6.07) is 21.1. The van der Waals surface area contributed by atoms with Gasteiger partial charge in [0, 0.05) is 29.5 Å². The molecule has 0 saturated heterocycles. The van der Waals surface area contributed by atoms with Gasteiger partial charge in [0.25, 0.3) is 5.91 Å². The monoisotopic (exact) mass is 588 g/mol. The highest BCUT2D eigenvalue weighted by Crippen LogP contribution is 2.25. The summed E-state index contributed by atoms with van der Waals surface area (Å²) < 4.78 is 10.9. The first kappa shape index (κ1) is 30.2. The number of nitrogens with one attached hydrogen (secondary N) is 3. The zero-order valence-corrected chi connectivity index (χ0v) is 23.9. The topological polar surface area (TPSA) is 136 Å². The lowest BCUT2D eigenvalue weighted by molar-refractivity contribution is -0.140. The summed E-state index contributed by atoms with van der Waals surface area (Å²) in [6.07, 6.45) is 2.22. The van der Waals surface area contributed by atoms with Gasteiger partial charge in [-0.3, -0.25) is 19.4 Å². The molecular formula is C31H32N4O6S. The van der Waals surface area contributed by atoms with E-state index in [1.54, 1.807) is 42.6 Å². The van der Waals surface area contributed by atoms with Gasteiger partial charge in [-0.05, 0) is 60.5 Å². The number of para-hydroxylation sites is 1. The maximum atomic E-state index is 13.5. The summed E-state index contributed by atoms with van der Waals surface area (Å²) in [7, 11) is 1.33. The minimum absolute atomic E-state index is 0.0400. The van der Waals surface area contributed by atoms with E-state index in [0.717, 1.165) is 15.6 Å². The predicted octanol–water partition coefficient (Wildman–Crippen LogP) is 4.85. The average Bonchev–Trinajstić information content (AvgIpc) is 3.46. The highest BCUT2D eigenvalue weighted by molar-refractivity contribution is 7.20. The standard InChI is InChI=1S/C31H32N4O6S/c1-40-28(36)16-15-21-9-2-4-12-24(21)34-29(37)25(35-30(38)27-19-22-10-3-5-14-26(22)42-27)13-8-18-33-31(39)41-20-23-11-6-7-17-32-23/h2-7,9-12,14,17,19,25H,8,13,15-16,18,20H2,1H3,(H,33,39)(H,34,37)(H,35,38)/t25-/m0/s1. The zero-order valence-electron chi connectivity index (χ0n) is 23.1. The molecule has 11 heteroatoms. The first-order valence-corrected chi connectivity index (χ1v) is 14.3. The Morgan fingerprint density at radius 2 is 1.76 bits per heavy atom. The molecule has 0 aliphatic rings. The van der Waals surface area contributed by atoms with Crippen LogP contribution in [0.4, 0.5) is 10.5 Å². The fraction of sp³-hybridized carbons (Fsp3) is 0.258. The molecule has 42 heavy (non-hydrogen) atoms. The smallest absolute Gasteiger partial charge is 0.407 e. The van der Waals surface area contributed by atoms with Crippen LogP contribution >= 0.6 is 11.3 Å². The number of hydrogen-bond donors (Lipinski definition) is 3. The van der Waals surface area contributed by atoms with E-state index in [1.165, 1.54) is 18.4 Å². The lowest BCUT2D eigenvalue weighted by Crippen LogP contribution is -2.44. The molecule has 4 rings (SSSR count). The van der Waals surface area contributed by atoms with Crippen LogP contribution in [0.5, 0.6) is 0 Å². The van der Waals surface area contributed by atoms with Crippen molar-refractivity contribution in [1.82, 2.24) is 15.6 Å². The Morgan fingerprint density at radius 3 is 2.55 bits per heavy atom. The molecule has 0 fully saturated rings. The van der Waals surface area contributed by atoms with Crippen LogP contribution in [-0.4, -0.2) is 48.6 Å². The zero-order chi connectivity index (χ0) is 29.7. The number of alkyl carbamates (subject to hydrolysis) is 1. The second-order valence-electron chi connectivity index (χ2n) is 9.36. The van der Waals surface area contributed by atoms with Gasteiger partial charge in [-0.15, -0.1) is 11.3 Å². The van der Waals surface area contributed by atoms with Crippen molar-refractivity contribution in [3.8, 4) is 0 Å². The summed E-state index contributed by atoms with van der Waals surface area (Å²) >= 11 is 1.35. The molecule has 1 atom stereocenters. The van der Waals surface area contributed by atoms with Crippen LogP contribution in [0, 0.1) is 0 Å². The number of thiophene rings is 1. The highest BCUT2D eigenvalue weighted by atomic mass is 32.1. The van der Waals surface area contributed by atoms with Gasteiger partial charge < -0.3 is 25.4 Å². The van der Waals surface area contributed by atoms with E-state index in [9.17, 15) is 19.2 Å². The van der Waals surface area contributed by atoms with Gasteiger partial charge in [0.15, 0.2) is 0 Å². The van der Waals surface area contributed by atoms with Gasteiger partial charge in [0.2, 0.25) is 5.91 Å². The first-order valence-electron chi connectivity index (χ1n) is 13.5. The van der Waals surface area contributed by atoms with Crippen molar-refractivity contribution in [3.63, 3.8) is 0 Å². The second kappa shape index (κ2) is 15.3. The van der Waals surface area contributed by atoms with Crippen molar-refractivity contribution < 1.29 is 28.7 Å². The van der Waals surface area contributed by atoms with Gasteiger partial charge in [-0.25, -0.2) is 4.79 Å². The molecule has 0 aliphatic carbocycles. The number of amides is 3. The molecule has 0 saturated carbocycles. The first-order chi connectivity index (χ1) is 20.4. The third kappa shape index (κ3) is 8.87. The van der Waals surface area contributed by atoms with Crippen molar-refractivity contribution in [2.75, 3.05) is 19.0 Å². The molecule has 0 aliphatic heterocycles. The quantitative estimate of drug-likeness (QED) is 0.150. The maximum Gasteiger partial charge on any atom is 0.407 e. The molecule has 218 valence electrons. The number of ether oxygens (including phenoxy) is 2.